The number of amides is 1. The predicted octanol–water partition coefficient (Wildman–Crippen LogP) is 5.41. The lowest BCUT2D eigenvalue weighted by Gasteiger charge is -2.29. The fourth-order valence-electron chi connectivity index (χ4n) is 3.96. The Morgan fingerprint density at radius 2 is 1.61 bits per heavy atom. The molecule has 0 aliphatic carbocycles. The Kier molecular flexibility index (Phi) is 8.20. The Morgan fingerprint density at radius 1 is 0.921 bits per heavy atom. The summed E-state index contributed by atoms with van der Waals surface area (Å²) in [5.41, 5.74) is 3.69. The van der Waals surface area contributed by atoms with Crippen LogP contribution in [-0.2, 0) is 14.8 Å². The van der Waals surface area contributed by atoms with Crippen molar-refractivity contribution in [2.24, 2.45) is 0 Å². The second-order valence-corrected chi connectivity index (χ2v) is 10.4. The summed E-state index contributed by atoms with van der Waals surface area (Å²) in [6.07, 6.45) is 4.42. The molecule has 1 amide bonds. The molecule has 3 aromatic carbocycles. The number of carbonyl (C=O) groups is 1. The first-order valence-corrected chi connectivity index (χ1v) is 13.3. The number of anilines is 1. The minimum atomic E-state index is -3.95. The van der Waals surface area contributed by atoms with E-state index in [1.165, 1.54) is 22.5 Å². The van der Waals surface area contributed by atoms with Crippen molar-refractivity contribution in [3.05, 3.63) is 121 Å². The zero-order valence-corrected chi connectivity index (χ0v) is 21.7. The van der Waals surface area contributed by atoms with E-state index in [1.54, 1.807) is 80.3 Å². The lowest BCUT2D eigenvalue weighted by atomic mass is 9.98. The van der Waals surface area contributed by atoms with Gasteiger partial charge in [-0.2, -0.15) is 0 Å². The van der Waals surface area contributed by atoms with Crippen molar-refractivity contribution in [2.45, 2.75) is 24.8 Å². The van der Waals surface area contributed by atoms with Gasteiger partial charge < -0.3 is 4.74 Å². The molecule has 1 heterocycles. The molecular weight excluding hydrogens is 502 g/mol. The number of ether oxygens (including phenoxy) is 1. The number of aromatic nitrogens is 1. The maximum Gasteiger partial charge on any atom is 0.267 e. The standard InChI is InChI=1S/C29H27N3O5S/c1-21(2)32(38(35,36)27-15-13-26(14-16-27)37-25-11-4-3-5-12-25)24-10-6-8-22(18-24)28(19-29(33)31-34)23-9-7-17-30-20-23/h3-21,34H,1-2H3,(H,31,33). The molecule has 0 fully saturated rings. The number of hydrogen-bond donors (Lipinski definition) is 2. The topological polar surface area (TPSA) is 109 Å². The SMILES string of the molecule is CC(C)N(c1cccc(C(=CC(=O)NO)c2cccnc2)c1)S(=O)(=O)c1ccc(Oc2ccccc2)cc1. The Balaban J connectivity index is 1.70. The third-order valence-electron chi connectivity index (χ3n) is 5.60. The summed E-state index contributed by atoms with van der Waals surface area (Å²) in [5, 5.41) is 9.07. The average molecular weight is 530 g/mol. The smallest absolute Gasteiger partial charge is 0.267 e. The molecule has 0 bridgehead atoms. The van der Waals surface area contributed by atoms with Crippen LogP contribution in [0.5, 0.6) is 11.5 Å². The fourth-order valence-corrected chi connectivity index (χ4v) is 5.61. The van der Waals surface area contributed by atoms with Crippen LogP contribution in [-0.4, -0.2) is 30.6 Å². The zero-order valence-electron chi connectivity index (χ0n) is 20.9. The Hall–Kier alpha value is -4.47. The molecule has 9 heteroatoms. The van der Waals surface area contributed by atoms with Crippen molar-refractivity contribution in [3.8, 4) is 11.5 Å². The molecule has 38 heavy (non-hydrogen) atoms. The Labute approximate surface area is 221 Å². The van der Waals surface area contributed by atoms with Crippen LogP contribution in [0.1, 0.15) is 25.0 Å². The Bertz CT molecular complexity index is 1520. The number of rotatable bonds is 9. The number of benzene rings is 3. The molecule has 4 aromatic rings. The van der Waals surface area contributed by atoms with Crippen LogP contribution in [0.15, 0.2) is 114 Å². The summed E-state index contributed by atoms with van der Waals surface area (Å²) in [5.74, 6) is 0.443. The van der Waals surface area contributed by atoms with E-state index in [2.05, 4.69) is 4.98 Å². The lowest BCUT2D eigenvalue weighted by Crippen LogP contribution is -2.37. The van der Waals surface area contributed by atoms with E-state index in [0.717, 1.165) is 0 Å². The highest BCUT2D eigenvalue weighted by atomic mass is 32.2. The van der Waals surface area contributed by atoms with E-state index in [-0.39, 0.29) is 4.90 Å². The highest BCUT2D eigenvalue weighted by molar-refractivity contribution is 7.92. The van der Waals surface area contributed by atoms with Crippen molar-refractivity contribution in [3.63, 3.8) is 0 Å². The van der Waals surface area contributed by atoms with Crippen LogP contribution in [0, 0.1) is 0 Å². The first-order chi connectivity index (χ1) is 18.3. The predicted molar refractivity (Wildman–Crippen MR) is 145 cm³/mol. The molecule has 1 aromatic heterocycles. The summed E-state index contributed by atoms with van der Waals surface area (Å²) in [4.78, 5) is 16.2. The molecule has 0 spiro atoms. The normalized spacial score (nSPS) is 11.7. The number of para-hydroxylation sites is 1. The summed E-state index contributed by atoms with van der Waals surface area (Å²) in [6.45, 7) is 3.57. The van der Waals surface area contributed by atoms with E-state index >= 15 is 0 Å². The first kappa shape index (κ1) is 26.6. The van der Waals surface area contributed by atoms with Gasteiger partial charge in [-0.15, -0.1) is 0 Å². The molecule has 0 atom stereocenters. The van der Waals surface area contributed by atoms with Gasteiger partial charge in [0.15, 0.2) is 0 Å². The number of carbonyl (C=O) groups excluding carboxylic acids is 1. The van der Waals surface area contributed by atoms with E-state index < -0.39 is 22.0 Å². The van der Waals surface area contributed by atoms with Crippen LogP contribution >= 0.6 is 0 Å². The van der Waals surface area contributed by atoms with Crippen molar-refractivity contribution in [1.29, 1.82) is 0 Å². The van der Waals surface area contributed by atoms with Gasteiger partial charge in [-0.25, -0.2) is 13.9 Å². The van der Waals surface area contributed by atoms with Crippen LogP contribution in [0.4, 0.5) is 5.69 Å². The summed E-state index contributed by atoms with van der Waals surface area (Å²) < 4.78 is 34.7. The second kappa shape index (κ2) is 11.7. The number of hydrogen-bond acceptors (Lipinski definition) is 6. The molecule has 0 saturated heterocycles. The molecule has 0 unspecified atom stereocenters. The van der Waals surface area contributed by atoms with Crippen LogP contribution < -0.4 is 14.5 Å². The molecule has 0 aliphatic heterocycles. The van der Waals surface area contributed by atoms with Crippen molar-refractivity contribution >= 4 is 27.2 Å². The summed E-state index contributed by atoms with van der Waals surface area (Å²) in [7, 11) is -3.95. The van der Waals surface area contributed by atoms with Crippen molar-refractivity contribution in [1.82, 2.24) is 10.5 Å². The van der Waals surface area contributed by atoms with Crippen LogP contribution in [0.3, 0.4) is 0 Å². The molecule has 0 saturated carbocycles. The van der Waals surface area contributed by atoms with Gasteiger partial charge in [0.2, 0.25) is 0 Å². The van der Waals surface area contributed by atoms with Crippen LogP contribution in [0.25, 0.3) is 5.57 Å². The monoisotopic (exact) mass is 529 g/mol. The highest BCUT2D eigenvalue weighted by Crippen LogP contribution is 2.32. The maximum atomic E-state index is 13.8. The van der Waals surface area contributed by atoms with E-state index in [1.807, 2.05) is 30.3 Å². The van der Waals surface area contributed by atoms with Gasteiger partial charge in [0.1, 0.15) is 11.5 Å². The molecule has 194 valence electrons. The summed E-state index contributed by atoms with van der Waals surface area (Å²) in [6, 6.07) is 25.4. The average Bonchev–Trinajstić information content (AvgIpc) is 2.93. The van der Waals surface area contributed by atoms with Gasteiger partial charge in [0, 0.05) is 30.1 Å². The molecule has 4 rings (SSSR count). The van der Waals surface area contributed by atoms with Crippen molar-refractivity contribution < 1.29 is 23.2 Å². The van der Waals surface area contributed by atoms with E-state index in [4.69, 9.17) is 9.94 Å². The molecule has 0 aliphatic rings. The highest BCUT2D eigenvalue weighted by Gasteiger charge is 2.28. The number of nitrogens with one attached hydrogen (secondary N) is 1. The maximum absolute atomic E-state index is 13.8. The van der Waals surface area contributed by atoms with Gasteiger partial charge in [0.05, 0.1) is 10.6 Å². The summed E-state index contributed by atoms with van der Waals surface area (Å²) >= 11 is 0. The molecule has 2 N–H and O–H groups in total. The number of pyridine rings is 1. The van der Waals surface area contributed by atoms with E-state index in [9.17, 15) is 13.2 Å². The number of sulfonamides is 1. The Morgan fingerprint density at radius 3 is 2.24 bits per heavy atom. The first-order valence-electron chi connectivity index (χ1n) is 11.8. The largest absolute Gasteiger partial charge is 0.457 e. The number of nitrogens with zero attached hydrogens (tertiary/aromatic N) is 2. The second-order valence-electron chi connectivity index (χ2n) is 8.61. The molecule has 8 nitrogen and oxygen atoms in total. The fraction of sp³-hybridized carbons (Fsp3) is 0.103. The minimum absolute atomic E-state index is 0.111. The zero-order chi connectivity index (χ0) is 27.1. The van der Waals surface area contributed by atoms with Gasteiger partial charge >= 0.3 is 0 Å². The third kappa shape index (κ3) is 6.08. The van der Waals surface area contributed by atoms with Crippen LogP contribution in [0.2, 0.25) is 0 Å². The molecular formula is C29H27N3O5S. The quantitative estimate of drug-likeness (QED) is 0.170. The minimum Gasteiger partial charge on any atom is -0.457 e. The van der Waals surface area contributed by atoms with Gasteiger partial charge in [0.25, 0.3) is 15.9 Å². The molecule has 0 radical (unpaired) electrons. The van der Waals surface area contributed by atoms with Gasteiger partial charge in [-0.3, -0.25) is 19.3 Å². The van der Waals surface area contributed by atoms with Gasteiger partial charge in [-0.1, -0.05) is 36.4 Å². The van der Waals surface area contributed by atoms with Gasteiger partial charge in [-0.05, 0) is 79.6 Å². The van der Waals surface area contributed by atoms with E-state index in [0.29, 0.717) is 33.9 Å². The third-order valence-corrected chi connectivity index (χ3v) is 7.62. The van der Waals surface area contributed by atoms with Crippen molar-refractivity contribution in [2.75, 3.05) is 4.31 Å². The lowest BCUT2D eigenvalue weighted by molar-refractivity contribution is -0.124. The number of hydroxylamine groups is 1.